The molecule has 0 aromatic rings. The van der Waals surface area contributed by atoms with E-state index in [0.717, 1.165) is 12.8 Å². The maximum absolute atomic E-state index is 12.5. The molecular formula is C12H23N3O3S. The monoisotopic (exact) mass is 289 g/mol. The summed E-state index contributed by atoms with van der Waals surface area (Å²) in [5.74, 6) is 0.359. The van der Waals surface area contributed by atoms with Gasteiger partial charge in [-0.05, 0) is 18.8 Å². The van der Waals surface area contributed by atoms with Crippen LogP contribution in [0.5, 0.6) is 0 Å². The van der Waals surface area contributed by atoms with Crippen molar-refractivity contribution in [2.75, 3.05) is 26.2 Å². The van der Waals surface area contributed by atoms with Crippen molar-refractivity contribution in [3.05, 3.63) is 0 Å². The first-order valence-electron chi connectivity index (χ1n) is 7.03. The van der Waals surface area contributed by atoms with Gasteiger partial charge in [0.1, 0.15) is 0 Å². The first kappa shape index (κ1) is 14.7. The molecule has 2 fully saturated rings. The van der Waals surface area contributed by atoms with Gasteiger partial charge in [-0.25, -0.2) is 0 Å². The molecule has 7 heteroatoms. The highest BCUT2D eigenvalue weighted by Crippen LogP contribution is 2.27. The van der Waals surface area contributed by atoms with E-state index in [0.29, 0.717) is 32.6 Å². The van der Waals surface area contributed by atoms with E-state index in [1.165, 1.54) is 4.31 Å². The van der Waals surface area contributed by atoms with E-state index < -0.39 is 10.2 Å². The van der Waals surface area contributed by atoms with Crippen LogP contribution in [0, 0.1) is 5.92 Å². The second-order valence-corrected chi connectivity index (χ2v) is 7.14. The van der Waals surface area contributed by atoms with Gasteiger partial charge in [-0.2, -0.15) is 17.0 Å². The summed E-state index contributed by atoms with van der Waals surface area (Å²) in [7, 11) is -3.33. The highest BCUT2D eigenvalue weighted by Gasteiger charge is 2.39. The maximum Gasteiger partial charge on any atom is 0.281 e. The van der Waals surface area contributed by atoms with Crippen LogP contribution in [-0.4, -0.2) is 55.2 Å². The van der Waals surface area contributed by atoms with Crippen molar-refractivity contribution >= 4 is 16.1 Å². The second-order valence-electron chi connectivity index (χ2n) is 5.21. The van der Waals surface area contributed by atoms with E-state index in [1.807, 2.05) is 13.8 Å². The second kappa shape index (κ2) is 5.76. The zero-order valence-electron chi connectivity index (χ0n) is 11.6. The zero-order chi connectivity index (χ0) is 14.0. The number of nitrogens with zero attached hydrogens (tertiary/aromatic N) is 2. The van der Waals surface area contributed by atoms with Gasteiger partial charge in [0, 0.05) is 38.6 Å². The summed E-state index contributed by atoms with van der Waals surface area (Å²) in [6.45, 7) is 5.74. The Labute approximate surface area is 115 Å². The Kier molecular flexibility index (Phi) is 4.47. The Balaban J connectivity index is 2.06. The number of rotatable bonds is 4. The number of hydrogen-bond donors (Lipinski definition) is 1. The van der Waals surface area contributed by atoms with Crippen molar-refractivity contribution < 1.29 is 13.2 Å². The minimum Gasteiger partial charge on any atom is -0.353 e. The minimum atomic E-state index is -3.33. The molecule has 2 aliphatic rings. The number of carbonyl (C=O) groups is 1. The van der Waals surface area contributed by atoms with Crippen LogP contribution in [0.2, 0.25) is 0 Å². The number of amides is 1. The van der Waals surface area contributed by atoms with Crippen LogP contribution in [-0.2, 0) is 15.0 Å². The molecule has 0 spiro atoms. The average Bonchev–Trinajstić information content (AvgIpc) is 2.39. The molecule has 0 saturated carbocycles. The molecule has 2 aliphatic heterocycles. The van der Waals surface area contributed by atoms with Gasteiger partial charge in [-0.15, -0.1) is 0 Å². The number of nitrogens with one attached hydrogen (secondary N) is 1. The van der Waals surface area contributed by atoms with Crippen molar-refractivity contribution in [3.63, 3.8) is 0 Å². The van der Waals surface area contributed by atoms with E-state index in [4.69, 9.17) is 0 Å². The van der Waals surface area contributed by atoms with Gasteiger partial charge >= 0.3 is 0 Å². The van der Waals surface area contributed by atoms with Crippen LogP contribution in [0.4, 0.5) is 0 Å². The zero-order valence-corrected chi connectivity index (χ0v) is 12.4. The number of piperidine rings is 2. The molecule has 0 bridgehead atoms. The minimum absolute atomic E-state index is 0.0984. The van der Waals surface area contributed by atoms with Crippen LogP contribution in [0.3, 0.4) is 0 Å². The molecule has 110 valence electrons. The standard InChI is InChI=1S/C12H23N3O3S/c1-3-14(4-2)19(17,18)15-8-7-11-10(9-15)5-6-12(16)13-11/h10-11H,3-9H2,1-2H3,(H,13,16). The smallest absolute Gasteiger partial charge is 0.281 e. The van der Waals surface area contributed by atoms with Crippen molar-refractivity contribution in [1.82, 2.24) is 13.9 Å². The lowest BCUT2D eigenvalue weighted by molar-refractivity contribution is -0.124. The molecular weight excluding hydrogens is 266 g/mol. The van der Waals surface area contributed by atoms with E-state index in [-0.39, 0.29) is 17.9 Å². The largest absolute Gasteiger partial charge is 0.353 e. The summed E-state index contributed by atoms with van der Waals surface area (Å²) >= 11 is 0. The lowest BCUT2D eigenvalue weighted by Crippen LogP contribution is -2.57. The van der Waals surface area contributed by atoms with Gasteiger partial charge in [0.15, 0.2) is 0 Å². The summed E-state index contributed by atoms with van der Waals surface area (Å²) in [6.07, 6.45) is 2.03. The first-order valence-corrected chi connectivity index (χ1v) is 8.43. The fraction of sp³-hybridized carbons (Fsp3) is 0.917. The highest BCUT2D eigenvalue weighted by atomic mass is 32.2. The Hall–Kier alpha value is -0.660. The molecule has 1 N–H and O–H groups in total. The van der Waals surface area contributed by atoms with E-state index >= 15 is 0 Å². The summed E-state index contributed by atoms with van der Waals surface area (Å²) < 4.78 is 28.0. The lowest BCUT2D eigenvalue weighted by atomic mass is 9.86. The molecule has 0 aromatic heterocycles. The van der Waals surface area contributed by atoms with Crippen molar-refractivity contribution in [2.24, 2.45) is 5.92 Å². The van der Waals surface area contributed by atoms with Gasteiger partial charge < -0.3 is 5.32 Å². The van der Waals surface area contributed by atoms with Crippen LogP contribution < -0.4 is 5.32 Å². The van der Waals surface area contributed by atoms with Gasteiger partial charge in [-0.1, -0.05) is 13.8 Å². The number of carbonyl (C=O) groups excluding carboxylic acids is 1. The third-order valence-corrected chi connectivity index (χ3v) is 6.30. The predicted octanol–water partition coefficient (Wildman–Crippen LogP) is 0.174. The molecule has 6 nitrogen and oxygen atoms in total. The van der Waals surface area contributed by atoms with Gasteiger partial charge in [0.05, 0.1) is 0 Å². The summed E-state index contributed by atoms with van der Waals surface area (Å²) in [5, 5.41) is 2.97. The third-order valence-electron chi connectivity index (χ3n) is 4.14. The summed E-state index contributed by atoms with van der Waals surface area (Å²) in [4.78, 5) is 11.3. The van der Waals surface area contributed by atoms with Crippen LogP contribution in [0.15, 0.2) is 0 Å². The quantitative estimate of drug-likeness (QED) is 0.802. The van der Waals surface area contributed by atoms with Crippen molar-refractivity contribution in [1.29, 1.82) is 0 Å². The lowest BCUT2D eigenvalue weighted by Gasteiger charge is -2.41. The van der Waals surface area contributed by atoms with Crippen LogP contribution >= 0.6 is 0 Å². The fourth-order valence-electron chi connectivity index (χ4n) is 3.00. The molecule has 0 aliphatic carbocycles. The predicted molar refractivity (Wildman–Crippen MR) is 72.7 cm³/mol. The van der Waals surface area contributed by atoms with Crippen molar-refractivity contribution in [2.45, 2.75) is 39.2 Å². The summed E-state index contributed by atoms with van der Waals surface area (Å²) in [5.41, 5.74) is 0. The molecule has 19 heavy (non-hydrogen) atoms. The molecule has 0 radical (unpaired) electrons. The van der Waals surface area contributed by atoms with Crippen molar-refractivity contribution in [3.8, 4) is 0 Å². The molecule has 2 heterocycles. The van der Waals surface area contributed by atoms with Gasteiger partial charge in [0.25, 0.3) is 10.2 Å². The van der Waals surface area contributed by atoms with E-state index in [9.17, 15) is 13.2 Å². The Morgan fingerprint density at radius 2 is 2.00 bits per heavy atom. The van der Waals surface area contributed by atoms with E-state index in [1.54, 1.807) is 4.31 Å². The molecule has 2 atom stereocenters. The maximum atomic E-state index is 12.5. The topological polar surface area (TPSA) is 69.7 Å². The summed E-state index contributed by atoms with van der Waals surface area (Å²) in [6, 6.07) is 0.157. The Morgan fingerprint density at radius 1 is 1.32 bits per heavy atom. The van der Waals surface area contributed by atoms with E-state index in [2.05, 4.69) is 5.32 Å². The SMILES string of the molecule is CCN(CC)S(=O)(=O)N1CCC2NC(=O)CCC2C1. The molecule has 2 saturated heterocycles. The van der Waals surface area contributed by atoms with Gasteiger partial charge in [-0.3, -0.25) is 4.79 Å². The molecule has 0 aromatic carbocycles. The average molecular weight is 289 g/mol. The normalized spacial score (nSPS) is 29.1. The Morgan fingerprint density at radius 3 is 2.63 bits per heavy atom. The fourth-order valence-corrected chi connectivity index (χ4v) is 4.69. The molecule has 1 amide bonds. The highest BCUT2D eigenvalue weighted by molar-refractivity contribution is 7.86. The Bertz CT molecular complexity index is 434. The van der Waals surface area contributed by atoms with Crippen LogP contribution in [0.1, 0.15) is 33.1 Å². The van der Waals surface area contributed by atoms with Crippen LogP contribution in [0.25, 0.3) is 0 Å². The number of fused-ring (bicyclic) bond motifs is 1. The van der Waals surface area contributed by atoms with Gasteiger partial charge in [0.2, 0.25) is 5.91 Å². The third kappa shape index (κ3) is 2.93. The molecule has 2 rings (SSSR count). The first-order chi connectivity index (χ1) is 8.98. The molecule has 2 unspecified atom stereocenters. The number of hydrogen-bond acceptors (Lipinski definition) is 3.